The van der Waals surface area contributed by atoms with E-state index in [2.05, 4.69) is 58.6 Å². The van der Waals surface area contributed by atoms with Crippen LogP contribution in [0.5, 0.6) is 0 Å². The molecule has 0 aromatic carbocycles. The van der Waals surface area contributed by atoms with Crippen molar-refractivity contribution in [2.24, 2.45) is 0 Å². The molecule has 0 N–H and O–H groups in total. The van der Waals surface area contributed by atoms with Crippen molar-refractivity contribution in [3.05, 3.63) is 0 Å². The molecule has 0 atom stereocenters. The van der Waals surface area contributed by atoms with Crippen LogP contribution in [0.25, 0.3) is 0 Å². The van der Waals surface area contributed by atoms with Crippen molar-refractivity contribution in [1.29, 1.82) is 0 Å². The van der Waals surface area contributed by atoms with Gasteiger partial charge in [0.2, 0.25) is 0 Å². The van der Waals surface area contributed by atoms with Crippen LogP contribution in [0.4, 0.5) is 0 Å². The Kier molecular flexibility index (Phi) is 3.57. The van der Waals surface area contributed by atoms with Crippen LogP contribution in [0.15, 0.2) is 0 Å². The fraction of sp³-hybridized carbons (Fsp3) is 1.00. The van der Waals surface area contributed by atoms with Gasteiger partial charge in [-0.15, -0.1) is 0 Å². The van der Waals surface area contributed by atoms with E-state index in [1.54, 1.807) is 0 Å². The average Bonchev–Trinajstić information content (AvgIpc) is 2.66. The van der Waals surface area contributed by atoms with Gasteiger partial charge in [0.05, 0.1) is 0 Å². The maximum atomic E-state index is 2.54. The van der Waals surface area contributed by atoms with Crippen molar-refractivity contribution in [1.82, 2.24) is 9.36 Å². The summed E-state index contributed by atoms with van der Waals surface area (Å²) in [4.78, 5) is 0. The van der Waals surface area contributed by atoms with Gasteiger partial charge in [0.1, 0.15) is 0 Å². The Morgan fingerprint density at radius 1 is 0.786 bits per heavy atom. The first-order valence-corrected chi connectivity index (χ1v) is 10.6. The summed E-state index contributed by atoms with van der Waals surface area (Å²) in [6.45, 7) is 2.48. The predicted molar refractivity (Wildman–Crippen MR) is 64.4 cm³/mol. The molecule has 1 aliphatic rings. The second-order valence-corrected chi connectivity index (χ2v) is 20.1. The molecule has 0 aromatic heterocycles. The van der Waals surface area contributed by atoms with Crippen LogP contribution in [0.1, 0.15) is 19.8 Å². The van der Waals surface area contributed by atoms with E-state index >= 15 is 0 Å². The molecule has 0 saturated heterocycles. The van der Waals surface area contributed by atoms with E-state index in [1.165, 1.54) is 12.8 Å². The first-order valence-electron chi connectivity index (χ1n) is 5.31. The molecule has 0 radical (unpaired) electrons. The van der Waals surface area contributed by atoms with Crippen LogP contribution in [-0.4, -0.2) is 70.8 Å². The second kappa shape index (κ2) is 3.92. The predicted octanol–water partition coefficient (Wildman–Crippen LogP) is 1.16. The molecular weight excluding hydrogens is 281 g/mol. The summed E-state index contributed by atoms with van der Waals surface area (Å²) in [5.41, 5.74) is 0. The van der Waals surface area contributed by atoms with E-state index < -0.39 is 19.2 Å². The molecule has 1 aliphatic carbocycles. The summed E-state index contributed by atoms with van der Waals surface area (Å²) in [6.07, 6.45) is 2.83. The van der Waals surface area contributed by atoms with E-state index in [0.717, 1.165) is 0 Å². The van der Waals surface area contributed by atoms with Crippen LogP contribution >= 0.6 is 0 Å². The molecule has 1 fully saturated rings. The topological polar surface area (TPSA) is 9.72 Å². The number of hydrogen-bond acceptors (Lipinski definition) is 3. The molecule has 0 aromatic rings. The van der Waals surface area contributed by atoms with Crippen molar-refractivity contribution in [3.8, 4) is 0 Å². The van der Waals surface area contributed by atoms with Crippen molar-refractivity contribution < 1.29 is 0 Å². The molecule has 14 heavy (non-hydrogen) atoms. The summed E-state index contributed by atoms with van der Waals surface area (Å²) in [6, 6.07) is 0. The Morgan fingerprint density at radius 3 is 1.14 bits per heavy atom. The number of rotatable bonds is 4. The molecule has 84 valence electrons. The first kappa shape index (κ1) is 12.7. The molecule has 0 heterocycles. The summed E-state index contributed by atoms with van der Waals surface area (Å²) in [5.74, 6) is 0. The Hall–Kier alpha value is 0.679. The van der Waals surface area contributed by atoms with Gasteiger partial charge in [-0.05, 0) is 0 Å². The quantitative estimate of drug-likeness (QED) is 0.722. The van der Waals surface area contributed by atoms with Crippen molar-refractivity contribution in [3.63, 3.8) is 0 Å². The van der Waals surface area contributed by atoms with Gasteiger partial charge in [0.15, 0.2) is 0 Å². The zero-order valence-electron chi connectivity index (χ0n) is 10.8. The Labute approximate surface area is 94.0 Å². The molecule has 1 saturated carbocycles. The SMILES string of the molecule is C[N](C)[Sn]([N](C)C)([N](C)C)[C]1(C)CC1. The zero-order chi connectivity index (χ0) is 11.1. The van der Waals surface area contributed by atoms with E-state index in [0.29, 0.717) is 3.43 Å². The number of hydrogen-bond donors (Lipinski definition) is 0. The Bertz CT molecular complexity index is 188. The van der Waals surface area contributed by atoms with Crippen LogP contribution in [0, 0.1) is 0 Å². The standard InChI is InChI=1S/C4H7.3C2H6N.Sn/c1-4-2-3-4;3*1-3-2;/h2-3H2,1H3;3*1-2H3;/q;3*-1;+3. The maximum absolute atomic E-state index is 2.54. The molecule has 0 aliphatic heterocycles. The van der Waals surface area contributed by atoms with Crippen molar-refractivity contribution in [2.75, 3.05) is 42.3 Å². The fourth-order valence-electron chi connectivity index (χ4n) is 3.34. The van der Waals surface area contributed by atoms with E-state index in [4.69, 9.17) is 0 Å². The normalized spacial score (nSPS) is 21.0. The molecule has 0 bridgehead atoms. The molecule has 3 nitrogen and oxygen atoms in total. The van der Waals surface area contributed by atoms with Crippen LogP contribution in [-0.2, 0) is 0 Å². The van der Waals surface area contributed by atoms with Gasteiger partial charge in [-0.3, -0.25) is 0 Å². The zero-order valence-corrected chi connectivity index (χ0v) is 13.6. The third-order valence-electron chi connectivity index (χ3n) is 3.68. The fourth-order valence-corrected chi connectivity index (χ4v) is 21.7. The minimum absolute atomic E-state index is 0.616. The molecule has 1 rings (SSSR count). The van der Waals surface area contributed by atoms with E-state index in [-0.39, 0.29) is 0 Å². The van der Waals surface area contributed by atoms with Gasteiger partial charge in [-0.25, -0.2) is 0 Å². The second-order valence-electron chi connectivity index (χ2n) is 5.38. The Morgan fingerprint density at radius 2 is 1.07 bits per heavy atom. The van der Waals surface area contributed by atoms with Crippen LogP contribution < -0.4 is 0 Å². The van der Waals surface area contributed by atoms with Crippen LogP contribution in [0.2, 0.25) is 3.43 Å². The van der Waals surface area contributed by atoms with Gasteiger partial charge in [-0.1, -0.05) is 0 Å². The summed E-state index contributed by atoms with van der Waals surface area (Å²) < 4.78 is 8.25. The first-order chi connectivity index (χ1) is 6.29. The van der Waals surface area contributed by atoms with E-state index in [1.807, 2.05) is 0 Å². The third-order valence-corrected chi connectivity index (χ3v) is 20.4. The Balaban J connectivity index is 3.09. The monoisotopic (exact) mass is 307 g/mol. The molecular formula is C10H25N3Sn. The number of nitrogens with zero attached hydrogens (tertiary/aromatic N) is 3. The molecule has 0 amide bonds. The molecule has 0 unspecified atom stereocenters. The van der Waals surface area contributed by atoms with Crippen LogP contribution in [0.3, 0.4) is 0 Å². The van der Waals surface area contributed by atoms with Gasteiger partial charge in [0.25, 0.3) is 0 Å². The molecule has 4 heteroatoms. The van der Waals surface area contributed by atoms with Gasteiger partial charge in [-0.2, -0.15) is 0 Å². The van der Waals surface area contributed by atoms with Crippen molar-refractivity contribution >= 4 is 19.2 Å². The van der Waals surface area contributed by atoms with Gasteiger partial charge in [0, 0.05) is 0 Å². The third kappa shape index (κ3) is 1.62. The summed E-state index contributed by atoms with van der Waals surface area (Å²) >= 11 is -2.47. The average molecular weight is 306 g/mol. The van der Waals surface area contributed by atoms with Gasteiger partial charge < -0.3 is 0 Å². The summed E-state index contributed by atoms with van der Waals surface area (Å²) in [7, 11) is 13.6. The molecule has 0 spiro atoms. The summed E-state index contributed by atoms with van der Waals surface area (Å²) in [5, 5.41) is 0. The van der Waals surface area contributed by atoms with Gasteiger partial charge >= 0.3 is 94.0 Å². The minimum atomic E-state index is -2.47. The van der Waals surface area contributed by atoms with Crippen molar-refractivity contribution in [2.45, 2.75) is 23.2 Å². The van der Waals surface area contributed by atoms with E-state index in [9.17, 15) is 0 Å².